The number of aryl methyl sites for hydroxylation is 1. The van der Waals surface area contributed by atoms with Crippen molar-refractivity contribution in [2.45, 2.75) is 12.8 Å². The maximum Gasteiger partial charge on any atom is 0.222 e. The molecular weight excluding hydrogens is 332 g/mol. The Bertz CT molecular complexity index is 682. The van der Waals surface area contributed by atoms with Gasteiger partial charge in [-0.25, -0.2) is 8.42 Å². The number of hydrogen-bond donors (Lipinski definition) is 0. The van der Waals surface area contributed by atoms with Crippen molar-refractivity contribution in [1.29, 1.82) is 0 Å². The molecular formula is C16H24N2O5S. The smallest absolute Gasteiger partial charge is 0.222 e. The van der Waals surface area contributed by atoms with Gasteiger partial charge in [0.15, 0.2) is 11.5 Å². The second-order valence-corrected chi connectivity index (χ2v) is 7.71. The molecule has 1 aliphatic heterocycles. The molecule has 0 atom stereocenters. The number of methoxy groups -OCH3 is 2. The minimum absolute atomic E-state index is 0.0398. The number of carbonyl (C=O) groups excluding carboxylic acids is 1. The minimum Gasteiger partial charge on any atom is -0.493 e. The van der Waals surface area contributed by atoms with Crippen LogP contribution in [0.1, 0.15) is 12.0 Å². The van der Waals surface area contributed by atoms with Crippen LogP contribution in [0.3, 0.4) is 0 Å². The van der Waals surface area contributed by atoms with Gasteiger partial charge in [-0.15, -0.1) is 0 Å². The lowest BCUT2D eigenvalue weighted by Crippen LogP contribution is -2.50. The first-order valence-corrected chi connectivity index (χ1v) is 9.63. The van der Waals surface area contributed by atoms with Crippen molar-refractivity contribution in [2.24, 2.45) is 0 Å². The number of sulfonamides is 1. The van der Waals surface area contributed by atoms with Crippen LogP contribution in [-0.4, -0.2) is 70.2 Å². The molecule has 8 heteroatoms. The Labute approximate surface area is 143 Å². The van der Waals surface area contributed by atoms with E-state index >= 15 is 0 Å². The first-order chi connectivity index (χ1) is 11.3. The Balaban J connectivity index is 1.88. The Morgan fingerprint density at radius 3 is 2.25 bits per heavy atom. The summed E-state index contributed by atoms with van der Waals surface area (Å²) in [5, 5.41) is 0. The summed E-state index contributed by atoms with van der Waals surface area (Å²) in [6.45, 7) is 1.61. The summed E-state index contributed by atoms with van der Waals surface area (Å²) in [7, 11) is -0.0170. The molecule has 1 aliphatic rings. The topological polar surface area (TPSA) is 76.2 Å². The van der Waals surface area contributed by atoms with Crippen LogP contribution in [0.15, 0.2) is 18.2 Å². The largest absolute Gasteiger partial charge is 0.493 e. The number of nitrogens with zero attached hydrogens (tertiary/aromatic N) is 2. The van der Waals surface area contributed by atoms with Crippen molar-refractivity contribution >= 4 is 15.9 Å². The SMILES string of the molecule is COc1ccc(CCC(=O)N2CCN(S(C)(=O)=O)CC2)cc1OC. The highest BCUT2D eigenvalue weighted by Crippen LogP contribution is 2.28. The van der Waals surface area contributed by atoms with Gasteiger partial charge in [-0.05, 0) is 24.1 Å². The van der Waals surface area contributed by atoms with E-state index in [1.54, 1.807) is 19.1 Å². The molecule has 1 aromatic carbocycles. The van der Waals surface area contributed by atoms with Gasteiger partial charge in [0.05, 0.1) is 20.5 Å². The molecule has 1 aromatic rings. The molecule has 0 radical (unpaired) electrons. The van der Waals surface area contributed by atoms with Crippen molar-refractivity contribution in [3.63, 3.8) is 0 Å². The third-order valence-corrected chi connectivity index (χ3v) is 5.44. The van der Waals surface area contributed by atoms with Crippen LogP contribution in [0.4, 0.5) is 0 Å². The van der Waals surface area contributed by atoms with Gasteiger partial charge in [-0.2, -0.15) is 4.31 Å². The first kappa shape index (κ1) is 18.5. The third-order valence-electron chi connectivity index (χ3n) is 4.14. The Morgan fingerprint density at radius 2 is 1.71 bits per heavy atom. The number of benzene rings is 1. The van der Waals surface area contributed by atoms with Crippen molar-refractivity contribution < 1.29 is 22.7 Å². The number of amides is 1. The summed E-state index contributed by atoms with van der Waals surface area (Å²) in [6.07, 6.45) is 2.18. The van der Waals surface area contributed by atoms with Crippen LogP contribution < -0.4 is 9.47 Å². The number of hydrogen-bond acceptors (Lipinski definition) is 5. The molecule has 0 unspecified atom stereocenters. The standard InChI is InChI=1S/C16H24N2O5S/c1-22-14-6-4-13(12-15(14)23-2)5-7-16(19)17-8-10-18(11-9-17)24(3,20)21/h4,6,12H,5,7-11H2,1-3H3. The molecule has 134 valence electrons. The summed E-state index contributed by atoms with van der Waals surface area (Å²) in [4.78, 5) is 14.0. The lowest BCUT2D eigenvalue weighted by atomic mass is 10.1. The lowest BCUT2D eigenvalue weighted by Gasteiger charge is -2.33. The predicted molar refractivity (Wildman–Crippen MR) is 90.9 cm³/mol. The van der Waals surface area contributed by atoms with E-state index in [0.717, 1.165) is 5.56 Å². The second-order valence-electron chi connectivity index (χ2n) is 5.73. The van der Waals surface area contributed by atoms with Crippen LogP contribution in [0.25, 0.3) is 0 Å². The highest BCUT2D eigenvalue weighted by Gasteiger charge is 2.25. The number of ether oxygens (including phenoxy) is 2. The van der Waals surface area contributed by atoms with Gasteiger partial charge in [-0.3, -0.25) is 4.79 Å². The molecule has 1 heterocycles. The van der Waals surface area contributed by atoms with Crippen LogP contribution in [0.5, 0.6) is 11.5 Å². The summed E-state index contributed by atoms with van der Waals surface area (Å²) < 4.78 is 34.8. The van der Waals surface area contributed by atoms with Gasteiger partial charge in [0.25, 0.3) is 0 Å². The van der Waals surface area contributed by atoms with Gasteiger partial charge < -0.3 is 14.4 Å². The van der Waals surface area contributed by atoms with Gasteiger partial charge in [0.2, 0.25) is 15.9 Å². The van der Waals surface area contributed by atoms with E-state index in [9.17, 15) is 13.2 Å². The average molecular weight is 356 g/mol. The highest BCUT2D eigenvalue weighted by molar-refractivity contribution is 7.88. The summed E-state index contributed by atoms with van der Waals surface area (Å²) in [5.41, 5.74) is 0.996. The molecule has 2 rings (SSSR count). The Morgan fingerprint density at radius 1 is 1.08 bits per heavy atom. The Hall–Kier alpha value is -1.80. The fourth-order valence-corrected chi connectivity index (χ4v) is 3.54. The van der Waals surface area contributed by atoms with E-state index in [0.29, 0.717) is 50.5 Å². The molecule has 0 saturated carbocycles. The summed E-state index contributed by atoms with van der Waals surface area (Å²) >= 11 is 0. The van der Waals surface area contributed by atoms with Gasteiger partial charge in [0.1, 0.15) is 0 Å². The molecule has 0 aromatic heterocycles. The zero-order chi connectivity index (χ0) is 17.7. The van der Waals surface area contributed by atoms with E-state index < -0.39 is 10.0 Å². The van der Waals surface area contributed by atoms with Gasteiger partial charge in [0, 0.05) is 32.6 Å². The van der Waals surface area contributed by atoms with Crippen molar-refractivity contribution in [2.75, 3.05) is 46.7 Å². The zero-order valence-corrected chi connectivity index (χ0v) is 15.1. The fraction of sp³-hybridized carbons (Fsp3) is 0.562. The molecule has 0 spiro atoms. The second kappa shape index (κ2) is 7.85. The maximum atomic E-state index is 12.3. The zero-order valence-electron chi connectivity index (χ0n) is 14.3. The van der Waals surface area contributed by atoms with E-state index in [1.807, 2.05) is 18.2 Å². The average Bonchev–Trinajstić information content (AvgIpc) is 2.58. The molecule has 0 N–H and O–H groups in total. The van der Waals surface area contributed by atoms with Crippen molar-refractivity contribution in [3.05, 3.63) is 23.8 Å². The van der Waals surface area contributed by atoms with Crippen LogP contribution in [0, 0.1) is 0 Å². The van der Waals surface area contributed by atoms with Gasteiger partial charge in [-0.1, -0.05) is 6.07 Å². The molecule has 1 fully saturated rings. The maximum absolute atomic E-state index is 12.3. The molecule has 0 bridgehead atoms. The summed E-state index contributed by atoms with van der Waals surface area (Å²) in [5.74, 6) is 1.34. The highest BCUT2D eigenvalue weighted by atomic mass is 32.2. The monoisotopic (exact) mass is 356 g/mol. The molecule has 7 nitrogen and oxygen atoms in total. The van der Waals surface area contributed by atoms with Crippen LogP contribution in [0.2, 0.25) is 0 Å². The third kappa shape index (κ3) is 4.61. The van der Waals surface area contributed by atoms with Crippen molar-refractivity contribution in [1.82, 2.24) is 9.21 Å². The molecule has 1 saturated heterocycles. The summed E-state index contributed by atoms with van der Waals surface area (Å²) in [6, 6.07) is 5.60. The Kier molecular flexibility index (Phi) is 6.06. The van der Waals surface area contributed by atoms with E-state index in [4.69, 9.17) is 9.47 Å². The minimum atomic E-state index is -3.17. The van der Waals surface area contributed by atoms with Crippen LogP contribution in [-0.2, 0) is 21.2 Å². The molecule has 1 amide bonds. The van der Waals surface area contributed by atoms with Crippen molar-refractivity contribution in [3.8, 4) is 11.5 Å². The van der Waals surface area contributed by atoms with Crippen LogP contribution >= 0.6 is 0 Å². The van der Waals surface area contributed by atoms with E-state index in [-0.39, 0.29) is 5.91 Å². The van der Waals surface area contributed by atoms with Gasteiger partial charge >= 0.3 is 0 Å². The fourth-order valence-electron chi connectivity index (χ4n) is 2.71. The number of rotatable bonds is 6. The molecule has 24 heavy (non-hydrogen) atoms. The number of carbonyl (C=O) groups is 1. The normalized spacial score (nSPS) is 16.0. The molecule has 0 aliphatic carbocycles. The number of piperazine rings is 1. The van der Waals surface area contributed by atoms with E-state index in [2.05, 4.69) is 0 Å². The quantitative estimate of drug-likeness (QED) is 0.751. The van der Waals surface area contributed by atoms with E-state index in [1.165, 1.54) is 10.6 Å². The predicted octanol–water partition coefficient (Wildman–Crippen LogP) is 0.740. The first-order valence-electron chi connectivity index (χ1n) is 7.79. The lowest BCUT2D eigenvalue weighted by molar-refractivity contribution is -0.132.